The summed E-state index contributed by atoms with van der Waals surface area (Å²) < 4.78 is 44.9. The Morgan fingerprint density at radius 1 is 1.03 bits per heavy atom. The number of amides is 3. The van der Waals surface area contributed by atoms with Gasteiger partial charge in [-0.05, 0) is 31.2 Å². The van der Waals surface area contributed by atoms with Crippen molar-refractivity contribution in [3.05, 3.63) is 71.9 Å². The Bertz CT molecular complexity index is 1230. The minimum absolute atomic E-state index is 0.111. The van der Waals surface area contributed by atoms with E-state index in [2.05, 4.69) is 0 Å². The van der Waals surface area contributed by atoms with E-state index >= 15 is 0 Å². The molecule has 2 unspecified atom stereocenters. The number of anilines is 1. The lowest BCUT2D eigenvalue weighted by Gasteiger charge is -2.40. The van der Waals surface area contributed by atoms with Crippen LogP contribution in [0.1, 0.15) is 18.1 Å². The number of hydrogen-bond acceptors (Lipinski definition) is 6. The highest BCUT2D eigenvalue weighted by molar-refractivity contribution is 6.16. The molecule has 2 atom stereocenters. The minimum Gasteiger partial charge on any atom is -0.380 e. The van der Waals surface area contributed by atoms with Crippen molar-refractivity contribution >= 4 is 29.3 Å². The maximum absolute atomic E-state index is 13.5. The van der Waals surface area contributed by atoms with Gasteiger partial charge in [-0.3, -0.25) is 19.5 Å². The number of fused-ring (bicyclic) bond motifs is 3. The van der Waals surface area contributed by atoms with E-state index in [-0.39, 0.29) is 13.2 Å². The monoisotopic (exact) mass is 499 g/mol. The van der Waals surface area contributed by atoms with Crippen molar-refractivity contribution in [3.63, 3.8) is 0 Å². The molecular formula is C25H24F3N5O3. The van der Waals surface area contributed by atoms with Gasteiger partial charge in [-0.1, -0.05) is 30.3 Å². The third-order valence-corrected chi connectivity index (χ3v) is 6.40. The van der Waals surface area contributed by atoms with E-state index < -0.39 is 35.9 Å². The molecule has 3 aliphatic rings. The maximum Gasteiger partial charge on any atom is 0.416 e. The number of carbonyl (C=O) groups excluding carboxylic acids is 2. The second-order valence-electron chi connectivity index (χ2n) is 8.54. The van der Waals surface area contributed by atoms with Crippen molar-refractivity contribution in [2.45, 2.75) is 25.3 Å². The largest absolute Gasteiger partial charge is 0.416 e. The smallest absolute Gasteiger partial charge is 0.380 e. The van der Waals surface area contributed by atoms with Crippen molar-refractivity contribution in [2.75, 3.05) is 31.7 Å². The quantitative estimate of drug-likeness (QED) is 0.566. The van der Waals surface area contributed by atoms with Crippen LogP contribution in [0.25, 0.3) is 5.70 Å². The molecule has 0 aromatic heterocycles. The molecule has 0 spiro atoms. The summed E-state index contributed by atoms with van der Waals surface area (Å²) in [5, 5.41) is 0. The summed E-state index contributed by atoms with van der Waals surface area (Å²) in [5.74, 6) is -0.0391. The minimum atomic E-state index is -4.46. The second-order valence-corrected chi connectivity index (χ2v) is 8.54. The summed E-state index contributed by atoms with van der Waals surface area (Å²) in [4.78, 5) is 37.1. The molecule has 8 nitrogen and oxygen atoms in total. The Hall–Kier alpha value is -3.86. The molecule has 3 aliphatic heterocycles. The maximum atomic E-state index is 13.5. The van der Waals surface area contributed by atoms with Gasteiger partial charge in [0.1, 0.15) is 0 Å². The lowest BCUT2D eigenvalue weighted by Crippen LogP contribution is -2.64. The van der Waals surface area contributed by atoms with Crippen LogP contribution in [0.2, 0.25) is 0 Å². The highest BCUT2D eigenvalue weighted by Crippen LogP contribution is 2.40. The van der Waals surface area contributed by atoms with Gasteiger partial charge >= 0.3 is 12.2 Å². The molecule has 36 heavy (non-hydrogen) atoms. The Labute approximate surface area is 205 Å². The molecule has 2 aromatic rings. The van der Waals surface area contributed by atoms with Gasteiger partial charge in [0, 0.05) is 31.1 Å². The molecule has 3 heterocycles. The molecule has 2 aromatic carbocycles. The van der Waals surface area contributed by atoms with Gasteiger partial charge in [0.05, 0.1) is 24.4 Å². The number of carbonyl (C=O) groups is 2. The summed E-state index contributed by atoms with van der Waals surface area (Å²) in [6, 6.07) is 12.8. The molecule has 0 bridgehead atoms. The van der Waals surface area contributed by atoms with Crippen molar-refractivity contribution in [3.8, 4) is 0 Å². The topological polar surface area (TPSA) is 68.7 Å². The lowest BCUT2D eigenvalue weighted by atomic mass is 10.1. The van der Waals surface area contributed by atoms with E-state index in [1.807, 2.05) is 37.3 Å². The van der Waals surface area contributed by atoms with Crippen LogP contribution in [0, 0.1) is 0 Å². The zero-order chi connectivity index (χ0) is 25.6. The number of ether oxygens (including phenoxy) is 1. The normalized spacial score (nSPS) is 21.6. The van der Waals surface area contributed by atoms with Gasteiger partial charge < -0.3 is 9.64 Å². The van der Waals surface area contributed by atoms with E-state index in [4.69, 9.17) is 9.73 Å². The zero-order valence-electron chi connectivity index (χ0n) is 19.6. The van der Waals surface area contributed by atoms with E-state index in [9.17, 15) is 22.8 Å². The first-order chi connectivity index (χ1) is 17.2. The Kier molecular flexibility index (Phi) is 5.95. The van der Waals surface area contributed by atoms with E-state index in [1.54, 1.807) is 23.0 Å². The molecule has 1 saturated heterocycles. The number of alkyl halides is 3. The number of benzene rings is 2. The van der Waals surface area contributed by atoms with Crippen LogP contribution in [-0.2, 0) is 15.7 Å². The first kappa shape index (κ1) is 23.9. The van der Waals surface area contributed by atoms with Gasteiger partial charge in [-0.25, -0.2) is 9.79 Å². The molecule has 0 saturated carbocycles. The standard InChI is InChI=1S/C25H24F3N5O3/c1-3-36-14-13-31-22(34)20-21(30(2)24(31)35)29-23-32(20)15-19(16-7-5-4-6-8-16)33(23)18-11-9-17(10-12-18)25(26,27)28/h4-12,15,20-21H,3,13-14H2,1-2H3. The number of hydrogen-bond donors (Lipinski definition) is 0. The van der Waals surface area contributed by atoms with Crippen LogP contribution >= 0.6 is 0 Å². The van der Waals surface area contributed by atoms with Gasteiger partial charge in [-0.15, -0.1) is 0 Å². The number of urea groups is 1. The summed E-state index contributed by atoms with van der Waals surface area (Å²) in [7, 11) is 1.58. The van der Waals surface area contributed by atoms with Crippen molar-refractivity contribution in [1.29, 1.82) is 0 Å². The fourth-order valence-electron chi connectivity index (χ4n) is 4.61. The Balaban J connectivity index is 1.55. The van der Waals surface area contributed by atoms with Gasteiger partial charge in [0.2, 0.25) is 5.96 Å². The summed E-state index contributed by atoms with van der Waals surface area (Å²) in [6.07, 6.45) is -3.47. The lowest BCUT2D eigenvalue weighted by molar-refractivity contribution is -0.138. The van der Waals surface area contributed by atoms with Crippen LogP contribution in [0.4, 0.5) is 23.7 Å². The number of aliphatic imine (C=N–C) groups is 1. The van der Waals surface area contributed by atoms with Gasteiger partial charge in [0.25, 0.3) is 5.91 Å². The Morgan fingerprint density at radius 3 is 2.36 bits per heavy atom. The first-order valence-corrected chi connectivity index (χ1v) is 11.5. The van der Waals surface area contributed by atoms with Crippen LogP contribution in [0.15, 0.2) is 65.8 Å². The molecule has 1 fully saturated rings. The molecule has 11 heteroatoms. The Morgan fingerprint density at radius 2 is 1.72 bits per heavy atom. The third kappa shape index (κ3) is 3.89. The van der Waals surface area contributed by atoms with Crippen LogP contribution in [0.5, 0.6) is 0 Å². The number of rotatable bonds is 6. The first-order valence-electron chi connectivity index (χ1n) is 11.5. The summed E-state index contributed by atoms with van der Waals surface area (Å²) in [6.45, 7) is 2.62. The van der Waals surface area contributed by atoms with Crippen molar-refractivity contribution in [1.82, 2.24) is 14.7 Å². The number of nitrogens with zero attached hydrogens (tertiary/aromatic N) is 5. The van der Waals surface area contributed by atoms with Crippen LogP contribution < -0.4 is 4.90 Å². The number of likely N-dealkylation sites (N-methyl/N-ethyl adjacent to an activating group) is 1. The molecule has 0 N–H and O–H groups in total. The fraction of sp³-hybridized carbons (Fsp3) is 0.320. The highest BCUT2D eigenvalue weighted by Gasteiger charge is 2.54. The van der Waals surface area contributed by atoms with Crippen molar-refractivity contribution in [2.24, 2.45) is 4.99 Å². The van der Waals surface area contributed by atoms with Gasteiger partial charge in [0.15, 0.2) is 12.2 Å². The SMILES string of the molecule is CCOCCN1C(=O)C2C(N=C3N(c4ccc(C(F)(F)F)cc4)C(c4ccccc4)=CN32)N(C)C1=O. The zero-order valence-corrected chi connectivity index (χ0v) is 19.6. The fourth-order valence-corrected chi connectivity index (χ4v) is 4.61. The predicted molar refractivity (Wildman–Crippen MR) is 127 cm³/mol. The molecule has 0 aliphatic carbocycles. The molecule has 3 amide bonds. The van der Waals surface area contributed by atoms with Crippen molar-refractivity contribution < 1.29 is 27.5 Å². The second kappa shape index (κ2) is 8.98. The summed E-state index contributed by atoms with van der Waals surface area (Å²) >= 11 is 0. The highest BCUT2D eigenvalue weighted by atomic mass is 19.4. The molecule has 0 radical (unpaired) electrons. The van der Waals surface area contributed by atoms with E-state index in [0.717, 1.165) is 22.6 Å². The average molecular weight is 499 g/mol. The number of halogens is 3. The van der Waals surface area contributed by atoms with Crippen LogP contribution in [-0.4, -0.2) is 71.6 Å². The summed E-state index contributed by atoms with van der Waals surface area (Å²) in [5.41, 5.74) is 1.14. The van der Waals surface area contributed by atoms with Gasteiger partial charge in [-0.2, -0.15) is 13.2 Å². The van der Waals surface area contributed by atoms with E-state index in [1.165, 1.54) is 17.0 Å². The predicted octanol–water partition coefficient (Wildman–Crippen LogP) is 3.82. The molecular weight excluding hydrogens is 475 g/mol. The average Bonchev–Trinajstić information content (AvgIpc) is 3.41. The van der Waals surface area contributed by atoms with E-state index in [0.29, 0.717) is 24.0 Å². The molecule has 188 valence electrons. The van der Waals surface area contributed by atoms with Crippen LogP contribution in [0.3, 0.4) is 0 Å². The molecule has 5 rings (SSSR count). The number of guanidine groups is 1. The third-order valence-electron chi connectivity index (χ3n) is 6.40. The number of imide groups is 1.